The van der Waals surface area contributed by atoms with Crippen LogP contribution in [0.5, 0.6) is 5.75 Å². The molecule has 2 N–H and O–H groups in total. The molecule has 2 aliphatic rings. The number of rotatable bonds is 17. The fourth-order valence-corrected chi connectivity index (χ4v) is 6.67. The third kappa shape index (κ3) is 10.2. The highest BCUT2D eigenvalue weighted by Gasteiger charge is 2.69. The summed E-state index contributed by atoms with van der Waals surface area (Å²) in [5, 5.41) is 22.8. The normalized spacial score (nSPS) is 20.6. The van der Waals surface area contributed by atoms with Crippen molar-refractivity contribution in [3.05, 3.63) is 34.4 Å². The molecule has 1 heterocycles. The summed E-state index contributed by atoms with van der Waals surface area (Å²) in [6, 6.07) is 4.34. The van der Waals surface area contributed by atoms with Crippen LogP contribution in [0.1, 0.15) is 79.6 Å². The Balaban J connectivity index is 1.60. The largest absolute Gasteiger partial charge is 0.469 e. The Kier molecular flexibility index (Phi) is 13.1. The van der Waals surface area contributed by atoms with Crippen molar-refractivity contribution in [3.8, 4) is 5.75 Å². The average Bonchev–Trinajstić information content (AvgIpc) is 3.32. The molecular formula is C34H49N3O11. The van der Waals surface area contributed by atoms with Crippen LogP contribution in [0.3, 0.4) is 0 Å². The lowest BCUT2D eigenvalue weighted by Gasteiger charge is -2.33. The van der Waals surface area contributed by atoms with E-state index in [0.29, 0.717) is 32.2 Å². The van der Waals surface area contributed by atoms with Crippen LogP contribution in [-0.4, -0.2) is 83.1 Å². The molecule has 0 spiro atoms. The van der Waals surface area contributed by atoms with Crippen LogP contribution in [0.15, 0.2) is 24.3 Å². The molecule has 14 nitrogen and oxygen atoms in total. The molecule has 3 rings (SSSR count). The number of carbonyl (C=O) groups is 5. The van der Waals surface area contributed by atoms with E-state index in [1.54, 1.807) is 25.7 Å². The average molecular weight is 676 g/mol. The molecule has 1 saturated carbocycles. The molecule has 0 aromatic heterocycles. The van der Waals surface area contributed by atoms with E-state index in [1.165, 1.54) is 31.4 Å². The number of benzene rings is 1. The zero-order valence-corrected chi connectivity index (χ0v) is 28.7. The van der Waals surface area contributed by atoms with Crippen molar-refractivity contribution in [3.63, 3.8) is 0 Å². The maximum absolute atomic E-state index is 13.9. The number of unbranched alkanes of at least 4 members (excludes halogenated alkanes) is 1. The van der Waals surface area contributed by atoms with E-state index in [1.807, 2.05) is 0 Å². The Morgan fingerprint density at radius 3 is 2.27 bits per heavy atom. The minimum absolute atomic E-state index is 0.0711. The number of nitro benzene ring substituents is 1. The van der Waals surface area contributed by atoms with Crippen molar-refractivity contribution >= 4 is 35.4 Å². The predicted molar refractivity (Wildman–Crippen MR) is 173 cm³/mol. The first-order valence-corrected chi connectivity index (χ1v) is 16.4. The van der Waals surface area contributed by atoms with Gasteiger partial charge >= 0.3 is 18.0 Å². The Labute approximate surface area is 281 Å². The van der Waals surface area contributed by atoms with Crippen LogP contribution in [0.25, 0.3) is 0 Å². The van der Waals surface area contributed by atoms with Crippen LogP contribution in [0.2, 0.25) is 0 Å². The molecule has 1 saturated heterocycles. The number of ketones is 1. The number of amides is 2. The van der Waals surface area contributed by atoms with Gasteiger partial charge in [0, 0.05) is 44.2 Å². The summed E-state index contributed by atoms with van der Waals surface area (Å²) in [6.07, 6.45) is 0.835. The van der Waals surface area contributed by atoms with Gasteiger partial charge in [-0.05, 0) is 75.8 Å². The Morgan fingerprint density at radius 2 is 1.69 bits per heavy atom. The summed E-state index contributed by atoms with van der Waals surface area (Å²) in [5.74, 6) is -2.93. The second-order valence-corrected chi connectivity index (χ2v) is 14.2. The van der Waals surface area contributed by atoms with Crippen LogP contribution < -0.4 is 10.1 Å². The zero-order chi connectivity index (χ0) is 35.8. The number of likely N-dealkylation sites (tertiary alicyclic amines) is 1. The van der Waals surface area contributed by atoms with Gasteiger partial charge < -0.3 is 29.5 Å². The molecule has 1 aromatic rings. The third-order valence-electron chi connectivity index (χ3n) is 9.20. The summed E-state index contributed by atoms with van der Waals surface area (Å²) in [6.45, 7) is 9.81. The van der Waals surface area contributed by atoms with Crippen LogP contribution in [-0.2, 0) is 28.7 Å². The van der Waals surface area contributed by atoms with Gasteiger partial charge in [-0.15, -0.1) is 0 Å². The van der Waals surface area contributed by atoms with Gasteiger partial charge in [-0.2, -0.15) is 0 Å². The maximum Gasteiger partial charge on any atom is 0.412 e. The molecular weight excluding hydrogens is 626 g/mol. The van der Waals surface area contributed by atoms with E-state index in [-0.39, 0.29) is 72.8 Å². The first-order valence-electron chi connectivity index (χ1n) is 16.4. The SMILES string of the molecule is COC(=O)[C@H](CCCCNC(=O)Oc1ccc([N+](=O)[O-])cc1)CC(=O)[C@@H]1[C@@H]2C(CN1C(=O)[C@H](CCCO)CC(=O)OC(C)(C)C)C2(C)C. The number of esters is 2. The molecule has 2 fully saturated rings. The van der Waals surface area contributed by atoms with Crippen molar-refractivity contribution in [2.45, 2.75) is 91.2 Å². The van der Waals surface area contributed by atoms with E-state index in [2.05, 4.69) is 19.2 Å². The number of carbonyl (C=O) groups excluding carboxylic acids is 5. The molecule has 2 amide bonds. The van der Waals surface area contributed by atoms with Crippen LogP contribution in [0, 0.1) is 39.2 Å². The highest BCUT2D eigenvalue weighted by atomic mass is 16.6. The molecule has 0 radical (unpaired) electrons. The van der Waals surface area contributed by atoms with Crippen LogP contribution in [0.4, 0.5) is 10.5 Å². The maximum atomic E-state index is 13.9. The number of aliphatic hydroxyl groups is 1. The highest BCUT2D eigenvalue weighted by molar-refractivity contribution is 5.94. The molecule has 1 aliphatic heterocycles. The van der Waals surface area contributed by atoms with Crippen molar-refractivity contribution in [1.29, 1.82) is 0 Å². The van der Waals surface area contributed by atoms with Gasteiger partial charge in [0.15, 0.2) is 5.78 Å². The minimum atomic E-state index is -0.751. The summed E-state index contributed by atoms with van der Waals surface area (Å²) >= 11 is 0. The fourth-order valence-electron chi connectivity index (χ4n) is 6.67. The lowest BCUT2D eigenvalue weighted by atomic mass is 9.89. The number of nitro groups is 1. The number of ether oxygens (including phenoxy) is 3. The molecule has 1 unspecified atom stereocenters. The highest BCUT2D eigenvalue weighted by Crippen LogP contribution is 2.65. The second kappa shape index (κ2) is 16.4. The zero-order valence-electron chi connectivity index (χ0n) is 28.7. The van der Waals surface area contributed by atoms with Crippen molar-refractivity contribution in [1.82, 2.24) is 10.2 Å². The van der Waals surface area contributed by atoms with E-state index in [4.69, 9.17) is 14.2 Å². The molecule has 0 bridgehead atoms. The first kappa shape index (κ1) is 38.4. The summed E-state index contributed by atoms with van der Waals surface area (Å²) < 4.78 is 15.6. The number of nitrogens with zero attached hydrogens (tertiary/aromatic N) is 2. The number of hydrogen-bond acceptors (Lipinski definition) is 11. The molecule has 266 valence electrons. The summed E-state index contributed by atoms with van der Waals surface area (Å²) in [4.78, 5) is 77.1. The molecule has 1 aliphatic carbocycles. The second-order valence-electron chi connectivity index (χ2n) is 14.2. The number of methoxy groups -OCH3 is 1. The molecule has 14 heteroatoms. The van der Waals surface area contributed by atoms with Crippen molar-refractivity contribution in [2.75, 3.05) is 26.8 Å². The van der Waals surface area contributed by atoms with Gasteiger partial charge in [-0.1, -0.05) is 20.3 Å². The fraction of sp³-hybridized carbons (Fsp3) is 0.676. The van der Waals surface area contributed by atoms with Crippen molar-refractivity contribution < 1.29 is 48.2 Å². The standard InChI is InChI=1S/C34H49N3O11/c1-33(2,3)48-27(40)19-21(11-9-17-38)30(41)36-20-25-28(34(25,4)5)29(36)26(39)18-22(31(42)46-6)10-7-8-16-35-32(43)47-24-14-12-23(13-15-24)37(44)45/h12-15,21-22,25,28-29,38H,7-11,16-20H2,1-6H3,(H,35,43)/t21-,22-,25?,28+,29-/m1/s1. The van der Waals surface area contributed by atoms with Gasteiger partial charge in [-0.3, -0.25) is 29.3 Å². The minimum Gasteiger partial charge on any atom is -0.469 e. The van der Waals surface area contributed by atoms with Gasteiger partial charge in [0.1, 0.15) is 11.4 Å². The van der Waals surface area contributed by atoms with Crippen molar-refractivity contribution in [2.24, 2.45) is 29.1 Å². The van der Waals surface area contributed by atoms with Crippen LogP contribution >= 0.6 is 0 Å². The van der Waals surface area contributed by atoms with E-state index >= 15 is 0 Å². The topological polar surface area (TPSA) is 192 Å². The Bertz CT molecular complexity index is 1340. The van der Waals surface area contributed by atoms with Gasteiger partial charge in [-0.25, -0.2) is 4.79 Å². The van der Waals surface area contributed by atoms with Gasteiger partial charge in [0.25, 0.3) is 5.69 Å². The Morgan fingerprint density at radius 1 is 1.04 bits per heavy atom. The molecule has 5 atom stereocenters. The van der Waals surface area contributed by atoms with Gasteiger partial charge in [0.05, 0.1) is 30.4 Å². The number of nitrogens with one attached hydrogen (secondary N) is 1. The van der Waals surface area contributed by atoms with E-state index in [0.717, 1.165) is 0 Å². The summed E-state index contributed by atoms with van der Waals surface area (Å²) in [7, 11) is 1.25. The number of fused-ring (bicyclic) bond motifs is 1. The Hall–Kier alpha value is -4.07. The number of non-ortho nitro benzene ring substituents is 1. The molecule has 1 aromatic carbocycles. The number of piperidine rings is 1. The number of hydrogen-bond donors (Lipinski definition) is 2. The summed E-state index contributed by atoms with van der Waals surface area (Å²) in [5.41, 5.74) is -1.01. The number of Topliss-reactive ketones (excluding diaryl/α,β-unsaturated/α-hetero) is 1. The first-order chi connectivity index (χ1) is 22.5. The lowest BCUT2D eigenvalue weighted by molar-refractivity contribution is -0.384. The third-order valence-corrected chi connectivity index (χ3v) is 9.20. The van der Waals surface area contributed by atoms with E-state index in [9.17, 15) is 39.2 Å². The predicted octanol–water partition coefficient (Wildman–Crippen LogP) is 4.21. The van der Waals surface area contributed by atoms with Gasteiger partial charge in [0.2, 0.25) is 5.91 Å². The molecule has 48 heavy (non-hydrogen) atoms. The lowest BCUT2D eigenvalue weighted by Crippen LogP contribution is -2.48. The number of aliphatic hydroxyl groups excluding tert-OH is 1. The quantitative estimate of drug-likeness (QED) is 0.104. The van der Waals surface area contributed by atoms with E-state index < -0.39 is 46.4 Å². The monoisotopic (exact) mass is 675 g/mol. The smallest absolute Gasteiger partial charge is 0.412 e.